The Labute approximate surface area is 60.4 Å². The van der Waals surface area contributed by atoms with Crippen LogP contribution in [0.5, 0.6) is 11.5 Å². The second-order valence-corrected chi connectivity index (χ2v) is 1.73. The molecule has 2 heteroatoms. The highest BCUT2D eigenvalue weighted by molar-refractivity contribution is 5.27. The van der Waals surface area contributed by atoms with Crippen LogP contribution in [0.3, 0.4) is 0 Å². The largest absolute Gasteiger partial charge is 0.496 e. The van der Waals surface area contributed by atoms with Crippen molar-refractivity contribution in [1.82, 2.24) is 0 Å². The summed E-state index contributed by atoms with van der Waals surface area (Å²) in [6.07, 6.45) is 0. The summed E-state index contributed by atoms with van der Waals surface area (Å²) in [4.78, 5) is 0. The molecular weight excluding hydrogens is 128 g/mol. The van der Waals surface area contributed by atoms with E-state index in [0.717, 1.165) is 5.75 Å². The lowest BCUT2D eigenvalue weighted by molar-refractivity contribution is 0.395. The van der Waals surface area contributed by atoms with Crippen molar-refractivity contribution >= 4 is 0 Å². The van der Waals surface area contributed by atoms with Crippen LogP contribution >= 0.6 is 0 Å². The molecule has 1 aromatic rings. The van der Waals surface area contributed by atoms with Crippen LogP contribution in [0.4, 0.5) is 0 Å². The van der Waals surface area contributed by atoms with Crippen molar-refractivity contribution in [3.05, 3.63) is 24.3 Å². The summed E-state index contributed by atoms with van der Waals surface area (Å²) in [5, 5.41) is 0. The van der Waals surface area contributed by atoms with Crippen molar-refractivity contribution in [2.45, 2.75) is 0 Å². The van der Waals surface area contributed by atoms with Gasteiger partial charge in [-0.05, 0) is 6.07 Å². The standard InChI is InChI=1S/C8H8O2/c1-9-7-4-3-5-8(6-7)10-2/h4,6H,1-2H3. The van der Waals surface area contributed by atoms with Crippen molar-refractivity contribution in [2.24, 2.45) is 0 Å². The third-order valence-electron chi connectivity index (χ3n) is 1.14. The Kier molecular flexibility index (Phi) is 2.01. The second-order valence-electron chi connectivity index (χ2n) is 1.73. The van der Waals surface area contributed by atoms with Crippen molar-refractivity contribution in [1.29, 1.82) is 0 Å². The third-order valence-corrected chi connectivity index (χ3v) is 1.14. The normalized spacial score (nSPS) is 8.20. The van der Waals surface area contributed by atoms with E-state index in [1.54, 1.807) is 26.4 Å². The zero-order valence-electron chi connectivity index (χ0n) is 5.97. The van der Waals surface area contributed by atoms with Gasteiger partial charge in [0.1, 0.15) is 5.75 Å². The predicted molar refractivity (Wildman–Crippen MR) is 37.2 cm³/mol. The Balaban J connectivity index is 2.87. The molecule has 52 valence electrons. The van der Waals surface area contributed by atoms with Gasteiger partial charge in [-0.1, -0.05) is 6.07 Å². The van der Waals surface area contributed by atoms with Gasteiger partial charge in [-0.2, -0.15) is 0 Å². The first kappa shape index (κ1) is 6.76. The molecule has 0 aliphatic carbocycles. The van der Waals surface area contributed by atoms with E-state index in [4.69, 9.17) is 9.47 Å². The van der Waals surface area contributed by atoms with Crippen molar-refractivity contribution < 1.29 is 9.47 Å². The fraction of sp³-hybridized carbons (Fsp3) is 0.250. The molecule has 0 fully saturated rings. The summed E-state index contributed by atoms with van der Waals surface area (Å²) in [6.45, 7) is 0. The van der Waals surface area contributed by atoms with Crippen LogP contribution in [0, 0.1) is 12.1 Å². The van der Waals surface area contributed by atoms with Crippen molar-refractivity contribution in [3.8, 4) is 11.5 Å². The van der Waals surface area contributed by atoms with E-state index in [1.807, 2.05) is 0 Å². The van der Waals surface area contributed by atoms with E-state index < -0.39 is 0 Å². The molecule has 0 N–H and O–H groups in total. The molecule has 0 saturated heterocycles. The first-order valence-corrected chi connectivity index (χ1v) is 2.88. The lowest BCUT2D eigenvalue weighted by atomic mass is 10.4. The van der Waals surface area contributed by atoms with Gasteiger partial charge in [0.05, 0.1) is 14.2 Å². The predicted octanol–water partition coefficient (Wildman–Crippen LogP) is 1.30. The van der Waals surface area contributed by atoms with Gasteiger partial charge in [-0.15, -0.1) is 0 Å². The highest BCUT2D eigenvalue weighted by Gasteiger charge is 1.90. The van der Waals surface area contributed by atoms with Gasteiger partial charge < -0.3 is 9.47 Å². The number of rotatable bonds is 2. The zero-order chi connectivity index (χ0) is 7.40. The molecule has 2 nitrogen and oxygen atoms in total. The topological polar surface area (TPSA) is 18.5 Å². The van der Waals surface area contributed by atoms with Crippen molar-refractivity contribution in [2.75, 3.05) is 14.2 Å². The average molecular weight is 136 g/mol. The highest BCUT2D eigenvalue weighted by atomic mass is 16.5. The number of ether oxygens (including phenoxy) is 2. The Bertz CT molecular complexity index is 189. The van der Waals surface area contributed by atoms with E-state index in [0.29, 0.717) is 5.75 Å². The van der Waals surface area contributed by atoms with Gasteiger partial charge in [0.15, 0.2) is 5.75 Å². The van der Waals surface area contributed by atoms with Crippen LogP contribution in [-0.2, 0) is 0 Å². The van der Waals surface area contributed by atoms with Gasteiger partial charge in [-0.25, -0.2) is 0 Å². The molecule has 0 bridgehead atoms. The fourth-order valence-electron chi connectivity index (χ4n) is 0.613. The van der Waals surface area contributed by atoms with Gasteiger partial charge in [0.25, 0.3) is 0 Å². The first-order valence-electron chi connectivity index (χ1n) is 2.88. The van der Waals surface area contributed by atoms with Gasteiger partial charge in [0, 0.05) is 12.1 Å². The molecule has 1 aromatic carbocycles. The van der Waals surface area contributed by atoms with Crippen molar-refractivity contribution in [3.63, 3.8) is 0 Å². The molecule has 0 heterocycles. The molecule has 10 heavy (non-hydrogen) atoms. The van der Waals surface area contributed by atoms with Gasteiger partial charge >= 0.3 is 0 Å². The van der Waals surface area contributed by atoms with Crippen LogP contribution in [0.2, 0.25) is 0 Å². The zero-order valence-corrected chi connectivity index (χ0v) is 5.97. The first-order chi connectivity index (χ1) is 4.86. The fourth-order valence-corrected chi connectivity index (χ4v) is 0.613. The lowest BCUT2D eigenvalue weighted by Gasteiger charge is -1.97. The van der Waals surface area contributed by atoms with Crippen LogP contribution < -0.4 is 9.47 Å². The molecule has 0 radical (unpaired) electrons. The Morgan fingerprint density at radius 3 is 2.70 bits per heavy atom. The SMILES string of the molecule is COc1c#ccc(OC)c1. The summed E-state index contributed by atoms with van der Waals surface area (Å²) < 4.78 is 9.82. The number of methoxy groups -OCH3 is 2. The third kappa shape index (κ3) is 1.32. The molecule has 0 aliphatic rings. The lowest BCUT2D eigenvalue weighted by Crippen LogP contribution is -1.83. The van der Waals surface area contributed by atoms with E-state index >= 15 is 0 Å². The van der Waals surface area contributed by atoms with Crippen LogP contribution in [-0.4, -0.2) is 14.2 Å². The average Bonchev–Trinajstić information content (AvgIpc) is 2.05. The molecule has 0 saturated carbocycles. The monoisotopic (exact) mass is 136 g/mol. The molecule has 0 spiro atoms. The van der Waals surface area contributed by atoms with E-state index in [9.17, 15) is 0 Å². The smallest absolute Gasteiger partial charge is 0.173 e. The number of hydrogen-bond acceptors (Lipinski definition) is 2. The molecule has 0 aromatic heterocycles. The molecule has 0 aliphatic heterocycles. The van der Waals surface area contributed by atoms with Crippen LogP contribution in [0.25, 0.3) is 0 Å². The summed E-state index contributed by atoms with van der Waals surface area (Å²) in [5.74, 6) is 1.37. The maximum absolute atomic E-state index is 4.93. The minimum Gasteiger partial charge on any atom is -0.496 e. The highest BCUT2D eigenvalue weighted by Crippen LogP contribution is 2.13. The molecule has 1 rings (SSSR count). The second kappa shape index (κ2) is 2.98. The van der Waals surface area contributed by atoms with E-state index in [1.165, 1.54) is 0 Å². The Morgan fingerprint density at radius 1 is 1.30 bits per heavy atom. The van der Waals surface area contributed by atoms with E-state index in [-0.39, 0.29) is 0 Å². The summed E-state index contributed by atoms with van der Waals surface area (Å²) in [5.41, 5.74) is 0. The van der Waals surface area contributed by atoms with Gasteiger partial charge in [-0.3, -0.25) is 0 Å². The summed E-state index contributed by atoms with van der Waals surface area (Å²) >= 11 is 0. The maximum Gasteiger partial charge on any atom is 0.173 e. The Morgan fingerprint density at radius 2 is 2.10 bits per heavy atom. The quantitative estimate of drug-likeness (QED) is 0.610. The van der Waals surface area contributed by atoms with E-state index in [2.05, 4.69) is 12.1 Å². The summed E-state index contributed by atoms with van der Waals surface area (Å²) in [7, 11) is 3.18. The minimum atomic E-state index is 0.638. The van der Waals surface area contributed by atoms with Gasteiger partial charge in [0.2, 0.25) is 0 Å². The molecule has 0 amide bonds. The minimum absolute atomic E-state index is 0.638. The van der Waals surface area contributed by atoms with Crippen LogP contribution in [0.1, 0.15) is 0 Å². The Hall–Kier alpha value is -1.36. The molecular formula is C8H8O2. The maximum atomic E-state index is 4.93. The van der Waals surface area contributed by atoms with Crippen LogP contribution in [0.15, 0.2) is 12.1 Å². The summed E-state index contributed by atoms with van der Waals surface area (Å²) in [6, 6.07) is 8.97. The molecule has 0 atom stereocenters. The number of hydrogen-bond donors (Lipinski definition) is 0. The molecule has 0 unspecified atom stereocenters.